The lowest BCUT2D eigenvalue weighted by Crippen LogP contribution is -2.60. The van der Waals surface area contributed by atoms with Gasteiger partial charge in [-0.25, -0.2) is 0 Å². The highest BCUT2D eigenvalue weighted by atomic mass is 16.2. The number of amides is 2. The van der Waals surface area contributed by atoms with Crippen molar-refractivity contribution in [2.45, 2.75) is 44.6 Å². The standard InChI is InChI=1S/C15H28N4O2/c1-2-17-13(20)12-18-8-10-19(11-9-18)14(21)15(16)6-4-3-5-7-15/h2-12,16H2,1H3,(H,17,20). The molecule has 6 nitrogen and oxygen atoms in total. The number of hydrogen-bond donors (Lipinski definition) is 2. The van der Waals surface area contributed by atoms with E-state index >= 15 is 0 Å². The number of nitrogens with zero attached hydrogens (tertiary/aromatic N) is 2. The summed E-state index contributed by atoms with van der Waals surface area (Å²) in [5.74, 6) is 0.166. The van der Waals surface area contributed by atoms with E-state index in [9.17, 15) is 9.59 Å². The average Bonchev–Trinajstić information content (AvgIpc) is 2.48. The Morgan fingerprint density at radius 3 is 2.29 bits per heavy atom. The van der Waals surface area contributed by atoms with Crippen LogP contribution in [0.1, 0.15) is 39.0 Å². The summed E-state index contributed by atoms with van der Waals surface area (Å²) < 4.78 is 0. The Morgan fingerprint density at radius 2 is 1.71 bits per heavy atom. The molecule has 1 aliphatic carbocycles. The summed E-state index contributed by atoms with van der Waals surface area (Å²) >= 11 is 0. The van der Waals surface area contributed by atoms with Crippen molar-refractivity contribution in [1.29, 1.82) is 0 Å². The molecule has 0 atom stereocenters. The minimum absolute atomic E-state index is 0.0554. The van der Waals surface area contributed by atoms with Gasteiger partial charge in [-0.3, -0.25) is 14.5 Å². The van der Waals surface area contributed by atoms with Crippen LogP contribution in [0.4, 0.5) is 0 Å². The molecule has 2 rings (SSSR count). The van der Waals surface area contributed by atoms with Gasteiger partial charge in [0.2, 0.25) is 11.8 Å². The molecule has 1 saturated heterocycles. The van der Waals surface area contributed by atoms with E-state index in [4.69, 9.17) is 5.73 Å². The normalized spacial score (nSPS) is 22.9. The molecule has 21 heavy (non-hydrogen) atoms. The van der Waals surface area contributed by atoms with Crippen LogP contribution in [-0.2, 0) is 9.59 Å². The van der Waals surface area contributed by atoms with Gasteiger partial charge in [-0.1, -0.05) is 19.3 Å². The van der Waals surface area contributed by atoms with Crippen molar-refractivity contribution >= 4 is 11.8 Å². The average molecular weight is 296 g/mol. The number of likely N-dealkylation sites (N-methyl/N-ethyl adjacent to an activating group) is 1. The summed E-state index contributed by atoms with van der Waals surface area (Å²) in [5.41, 5.74) is 5.68. The number of carbonyl (C=O) groups excluding carboxylic acids is 2. The number of nitrogens with two attached hydrogens (primary N) is 1. The van der Waals surface area contributed by atoms with Crippen LogP contribution in [0.3, 0.4) is 0 Å². The minimum atomic E-state index is -0.639. The van der Waals surface area contributed by atoms with Crippen LogP contribution in [0.2, 0.25) is 0 Å². The molecular weight excluding hydrogens is 268 g/mol. The Balaban J connectivity index is 1.80. The van der Waals surface area contributed by atoms with Gasteiger partial charge in [-0.15, -0.1) is 0 Å². The maximum absolute atomic E-state index is 12.6. The third-order valence-electron chi connectivity index (χ3n) is 4.57. The molecule has 0 radical (unpaired) electrons. The fraction of sp³-hybridized carbons (Fsp3) is 0.867. The Kier molecular flexibility index (Phi) is 5.58. The van der Waals surface area contributed by atoms with Crippen LogP contribution in [0, 0.1) is 0 Å². The Labute approximate surface area is 127 Å². The second kappa shape index (κ2) is 7.22. The second-order valence-electron chi connectivity index (χ2n) is 6.24. The number of rotatable bonds is 4. The van der Waals surface area contributed by atoms with Crippen LogP contribution in [-0.4, -0.2) is 66.4 Å². The van der Waals surface area contributed by atoms with Gasteiger partial charge in [-0.05, 0) is 19.8 Å². The number of nitrogens with one attached hydrogen (secondary N) is 1. The van der Waals surface area contributed by atoms with E-state index in [0.29, 0.717) is 26.2 Å². The van der Waals surface area contributed by atoms with Crippen LogP contribution in [0.15, 0.2) is 0 Å². The predicted molar refractivity (Wildman–Crippen MR) is 81.7 cm³/mol. The highest BCUT2D eigenvalue weighted by Gasteiger charge is 2.39. The highest BCUT2D eigenvalue weighted by molar-refractivity contribution is 5.86. The second-order valence-corrected chi connectivity index (χ2v) is 6.24. The fourth-order valence-corrected chi connectivity index (χ4v) is 3.28. The van der Waals surface area contributed by atoms with Gasteiger partial charge in [0.1, 0.15) is 0 Å². The van der Waals surface area contributed by atoms with Crippen molar-refractivity contribution in [3.63, 3.8) is 0 Å². The Bertz CT molecular complexity index is 372. The first kappa shape index (κ1) is 16.2. The van der Waals surface area contributed by atoms with Crippen molar-refractivity contribution in [3.05, 3.63) is 0 Å². The van der Waals surface area contributed by atoms with Gasteiger partial charge in [0.05, 0.1) is 12.1 Å². The zero-order chi connectivity index (χ0) is 15.3. The SMILES string of the molecule is CCNC(=O)CN1CCN(C(=O)C2(N)CCCCC2)CC1. The molecule has 6 heteroatoms. The Morgan fingerprint density at radius 1 is 1.10 bits per heavy atom. The highest BCUT2D eigenvalue weighted by Crippen LogP contribution is 2.28. The first-order chi connectivity index (χ1) is 10.0. The van der Waals surface area contributed by atoms with Gasteiger partial charge < -0.3 is 16.0 Å². The molecule has 1 heterocycles. The van der Waals surface area contributed by atoms with E-state index in [2.05, 4.69) is 10.2 Å². The predicted octanol–water partition coefficient (Wildman–Crippen LogP) is -0.0717. The monoisotopic (exact) mass is 296 g/mol. The molecule has 0 aromatic carbocycles. The molecule has 120 valence electrons. The quantitative estimate of drug-likeness (QED) is 0.761. The summed E-state index contributed by atoms with van der Waals surface area (Å²) in [5, 5.41) is 2.80. The molecule has 0 aromatic rings. The fourth-order valence-electron chi connectivity index (χ4n) is 3.28. The summed E-state index contributed by atoms with van der Waals surface area (Å²) in [6.45, 7) is 5.85. The molecular formula is C15H28N4O2. The zero-order valence-corrected chi connectivity index (χ0v) is 13.1. The third kappa shape index (κ3) is 4.17. The smallest absolute Gasteiger partial charge is 0.242 e. The van der Waals surface area contributed by atoms with Crippen molar-refractivity contribution in [2.24, 2.45) is 5.73 Å². The summed E-state index contributed by atoms with van der Waals surface area (Å²) in [6.07, 6.45) is 4.92. The van der Waals surface area contributed by atoms with E-state index in [1.165, 1.54) is 6.42 Å². The summed E-state index contributed by atoms with van der Waals surface area (Å²) in [6, 6.07) is 0. The Hall–Kier alpha value is -1.14. The van der Waals surface area contributed by atoms with Crippen LogP contribution in [0.5, 0.6) is 0 Å². The number of hydrogen-bond acceptors (Lipinski definition) is 4. The topological polar surface area (TPSA) is 78.7 Å². The van der Waals surface area contributed by atoms with Crippen LogP contribution < -0.4 is 11.1 Å². The molecule has 1 saturated carbocycles. The maximum atomic E-state index is 12.6. The summed E-state index contributed by atoms with van der Waals surface area (Å²) in [7, 11) is 0. The van der Waals surface area contributed by atoms with E-state index in [1.54, 1.807) is 0 Å². The number of carbonyl (C=O) groups is 2. The van der Waals surface area contributed by atoms with E-state index in [-0.39, 0.29) is 11.8 Å². The molecule has 3 N–H and O–H groups in total. The van der Waals surface area contributed by atoms with Gasteiger partial charge in [0.25, 0.3) is 0 Å². The van der Waals surface area contributed by atoms with E-state index in [0.717, 1.165) is 38.8 Å². The molecule has 0 spiro atoms. The lowest BCUT2D eigenvalue weighted by Gasteiger charge is -2.40. The van der Waals surface area contributed by atoms with Crippen molar-refractivity contribution in [3.8, 4) is 0 Å². The molecule has 0 unspecified atom stereocenters. The van der Waals surface area contributed by atoms with Crippen LogP contribution >= 0.6 is 0 Å². The number of piperazine rings is 1. The molecule has 1 aliphatic heterocycles. The maximum Gasteiger partial charge on any atom is 0.242 e. The van der Waals surface area contributed by atoms with Crippen molar-refractivity contribution in [1.82, 2.24) is 15.1 Å². The molecule has 0 bridgehead atoms. The largest absolute Gasteiger partial charge is 0.355 e. The molecule has 0 aromatic heterocycles. The van der Waals surface area contributed by atoms with Crippen molar-refractivity contribution in [2.75, 3.05) is 39.3 Å². The first-order valence-corrected chi connectivity index (χ1v) is 8.12. The van der Waals surface area contributed by atoms with Gasteiger partial charge in [0, 0.05) is 32.7 Å². The van der Waals surface area contributed by atoms with Gasteiger partial charge >= 0.3 is 0 Å². The lowest BCUT2D eigenvalue weighted by atomic mass is 9.81. The van der Waals surface area contributed by atoms with E-state index in [1.807, 2.05) is 11.8 Å². The molecule has 2 fully saturated rings. The molecule has 2 amide bonds. The first-order valence-electron chi connectivity index (χ1n) is 8.12. The third-order valence-corrected chi connectivity index (χ3v) is 4.57. The molecule has 2 aliphatic rings. The lowest BCUT2D eigenvalue weighted by molar-refractivity contribution is -0.140. The van der Waals surface area contributed by atoms with Crippen molar-refractivity contribution < 1.29 is 9.59 Å². The summed E-state index contributed by atoms with van der Waals surface area (Å²) in [4.78, 5) is 28.2. The van der Waals surface area contributed by atoms with Crippen LogP contribution in [0.25, 0.3) is 0 Å². The van der Waals surface area contributed by atoms with Gasteiger partial charge in [0.15, 0.2) is 0 Å². The zero-order valence-electron chi connectivity index (χ0n) is 13.1. The minimum Gasteiger partial charge on any atom is -0.355 e. The van der Waals surface area contributed by atoms with Gasteiger partial charge in [-0.2, -0.15) is 0 Å². The van der Waals surface area contributed by atoms with E-state index < -0.39 is 5.54 Å².